The van der Waals surface area contributed by atoms with E-state index in [2.05, 4.69) is 33.5 Å². The van der Waals surface area contributed by atoms with Crippen LogP contribution in [0.4, 0.5) is 0 Å². The zero-order valence-corrected chi connectivity index (χ0v) is 21.4. The number of guanidine groups is 1. The summed E-state index contributed by atoms with van der Waals surface area (Å²) in [5.74, 6) is 1.74. The van der Waals surface area contributed by atoms with Gasteiger partial charge in [0.1, 0.15) is 0 Å². The quantitative estimate of drug-likeness (QED) is 0.223. The molecular formula is C23H40IN5O. The number of halogens is 1. The average Bonchev–Trinajstić information content (AvgIpc) is 2.72. The predicted molar refractivity (Wildman–Crippen MR) is 137 cm³/mol. The van der Waals surface area contributed by atoms with Gasteiger partial charge in [-0.2, -0.15) is 0 Å². The van der Waals surface area contributed by atoms with Gasteiger partial charge in [0.2, 0.25) is 0 Å². The number of amides is 1. The fourth-order valence-corrected chi connectivity index (χ4v) is 3.82. The average molecular weight is 530 g/mol. The minimum atomic E-state index is 0. The molecule has 0 aromatic heterocycles. The van der Waals surface area contributed by atoms with Gasteiger partial charge in [-0.1, -0.05) is 19.1 Å². The molecule has 1 saturated heterocycles. The summed E-state index contributed by atoms with van der Waals surface area (Å²) in [7, 11) is 5.36. The first-order valence-electron chi connectivity index (χ1n) is 11.0. The van der Waals surface area contributed by atoms with E-state index in [9.17, 15) is 4.79 Å². The highest BCUT2D eigenvalue weighted by atomic mass is 127. The van der Waals surface area contributed by atoms with Gasteiger partial charge in [-0.3, -0.25) is 9.79 Å². The zero-order valence-electron chi connectivity index (χ0n) is 19.1. The van der Waals surface area contributed by atoms with Gasteiger partial charge in [0.05, 0.1) is 0 Å². The first kappa shape index (κ1) is 26.7. The second-order valence-corrected chi connectivity index (χ2v) is 8.33. The standard InChI is InChI=1S/C23H39N5O.HI/c1-19-9-8-16-28(18-19)15-6-5-13-25-23(24-2)26-14-12-20-10-7-11-21(17-20)22(29)27(3)4;/h7,10-11,17,19H,5-6,8-9,12-16,18H2,1-4H3,(H2,24,25,26);1H. The molecule has 30 heavy (non-hydrogen) atoms. The number of piperidine rings is 1. The van der Waals surface area contributed by atoms with E-state index in [0.717, 1.165) is 48.9 Å². The van der Waals surface area contributed by atoms with E-state index in [-0.39, 0.29) is 29.9 Å². The molecule has 1 heterocycles. The van der Waals surface area contributed by atoms with Crippen molar-refractivity contribution in [1.29, 1.82) is 0 Å². The molecule has 0 bridgehead atoms. The van der Waals surface area contributed by atoms with E-state index >= 15 is 0 Å². The Kier molecular flexibility index (Phi) is 13.0. The maximum Gasteiger partial charge on any atom is 0.253 e. The van der Waals surface area contributed by atoms with Gasteiger partial charge in [0.25, 0.3) is 5.91 Å². The molecule has 0 radical (unpaired) electrons. The molecule has 1 aliphatic rings. The van der Waals surface area contributed by atoms with Gasteiger partial charge in [0.15, 0.2) is 5.96 Å². The number of hydrogen-bond donors (Lipinski definition) is 2. The number of aliphatic imine (C=N–C) groups is 1. The molecule has 1 aromatic carbocycles. The number of likely N-dealkylation sites (tertiary alicyclic amines) is 1. The molecule has 0 saturated carbocycles. The SMILES string of the molecule is CN=C(NCCCCN1CCCC(C)C1)NCCc1cccc(C(=O)N(C)C)c1.I. The second kappa shape index (κ2) is 14.6. The first-order valence-corrected chi connectivity index (χ1v) is 11.0. The van der Waals surface area contributed by atoms with Crippen molar-refractivity contribution in [3.63, 3.8) is 0 Å². The summed E-state index contributed by atoms with van der Waals surface area (Å²) in [6, 6.07) is 7.85. The Balaban J connectivity index is 0.00000450. The van der Waals surface area contributed by atoms with Crippen LogP contribution in [0.25, 0.3) is 0 Å². The van der Waals surface area contributed by atoms with Crippen molar-refractivity contribution in [3.05, 3.63) is 35.4 Å². The minimum absolute atomic E-state index is 0. The van der Waals surface area contributed by atoms with E-state index < -0.39 is 0 Å². The van der Waals surface area contributed by atoms with Crippen molar-refractivity contribution in [2.24, 2.45) is 10.9 Å². The van der Waals surface area contributed by atoms with Gasteiger partial charge in [-0.15, -0.1) is 24.0 Å². The summed E-state index contributed by atoms with van der Waals surface area (Å²) < 4.78 is 0. The Hall–Kier alpha value is -1.35. The van der Waals surface area contributed by atoms with E-state index in [1.54, 1.807) is 26.0 Å². The second-order valence-electron chi connectivity index (χ2n) is 8.33. The zero-order chi connectivity index (χ0) is 21.1. The maximum absolute atomic E-state index is 12.1. The maximum atomic E-state index is 12.1. The van der Waals surface area contributed by atoms with Crippen molar-refractivity contribution >= 4 is 35.8 Å². The molecule has 7 heteroatoms. The van der Waals surface area contributed by atoms with Gasteiger partial charge in [-0.05, 0) is 68.8 Å². The highest BCUT2D eigenvalue weighted by Crippen LogP contribution is 2.15. The summed E-state index contributed by atoms with van der Waals surface area (Å²) in [6.07, 6.45) is 5.96. The van der Waals surface area contributed by atoms with Crippen LogP contribution in [0, 0.1) is 5.92 Å². The van der Waals surface area contributed by atoms with Gasteiger partial charge < -0.3 is 20.4 Å². The molecule has 1 atom stereocenters. The van der Waals surface area contributed by atoms with Crippen LogP contribution in [0.3, 0.4) is 0 Å². The number of carbonyl (C=O) groups is 1. The third-order valence-electron chi connectivity index (χ3n) is 5.44. The summed E-state index contributed by atoms with van der Waals surface area (Å²) in [6.45, 7) is 7.82. The van der Waals surface area contributed by atoms with Crippen LogP contribution >= 0.6 is 24.0 Å². The Labute approximate surface area is 199 Å². The van der Waals surface area contributed by atoms with Crippen LogP contribution in [-0.2, 0) is 6.42 Å². The van der Waals surface area contributed by atoms with E-state index in [0.29, 0.717) is 0 Å². The fraction of sp³-hybridized carbons (Fsp3) is 0.652. The molecule has 1 aromatic rings. The van der Waals surface area contributed by atoms with Crippen LogP contribution in [-0.4, -0.2) is 75.5 Å². The van der Waals surface area contributed by atoms with Gasteiger partial charge >= 0.3 is 0 Å². The van der Waals surface area contributed by atoms with Crippen molar-refractivity contribution in [3.8, 4) is 0 Å². The fourth-order valence-electron chi connectivity index (χ4n) is 3.82. The lowest BCUT2D eigenvalue weighted by atomic mass is 10.0. The molecule has 2 rings (SSSR count). The number of nitrogens with zero attached hydrogens (tertiary/aromatic N) is 3. The number of rotatable bonds is 9. The first-order chi connectivity index (χ1) is 14.0. The van der Waals surface area contributed by atoms with Crippen LogP contribution < -0.4 is 10.6 Å². The highest BCUT2D eigenvalue weighted by Gasteiger charge is 2.15. The van der Waals surface area contributed by atoms with Gasteiger partial charge in [0, 0.05) is 46.3 Å². The number of hydrogen-bond acceptors (Lipinski definition) is 3. The molecule has 6 nitrogen and oxygen atoms in total. The van der Waals surface area contributed by atoms with Crippen molar-refractivity contribution in [1.82, 2.24) is 20.4 Å². The Bertz CT molecular complexity index is 665. The topological polar surface area (TPSA) is 60.0 Å². The summed E-state index contributed by atoms with van der Waals surface area (Å²) in [4.78, 5) is 20.6. The molecule has 0 spiro atoms. The lowest BCUT2D eigenvalue weighted by Crippen LogP contribution is -2.39. The van der Waals surface area contributed by atoms with Crippen molar-refractivity contribution < 1.29 is 4.79 Å². The molecule has 1 unspecified atom stereocenters. The summed E-state index contributed by atoms with van der Waals surface area (Å²) in [5, 5.41) is 6.77. The predicted octanol–water partition coefficient (Wildman–Crippen LogP) is 3.23. The highest BCUT2D eigenvalue weighted by molar-refractivity contribution is 14.0. The van der Waals surface area contributed by atoms with Gasteiger partial charge in [-0.25, -0.2) is 0 Å². The Morgan fingerprint density at radius 1 is 1.23 bits per heavy atom. The number of unbranched alkanes of at least 4 members (excludes halogenated alkanes) is 1. The molecule has 170 valence electrons. The van der Waals surface area contributed by atoms with Crippen molar-refractivity contribution in [2.75, 3.05) is 53.9 Å². The van der Waals surface area contributed by atoms with Crippen LogP contribution in [0.15, 0.2) is 29.3 Å². The van der Waals surface area contributed by atoms with Crippen LogP contribution in [0.1, 0.15) is 48.5 Å². The molecule has 2 N–H and O–H groups in total. The summed E-state index contributed by atoms with van der Waals surface area (Å²) >= 11 is 0. The smallest absolute Gasteiger partial charge is 0.253 e. The molecular weight excluding hydrogens is 489 g/mol. The van der Waals surface area contributed by atoms with Crippen molar-refractivity contribution in [2.45, 2.75) is 39.0 Å². The van der Waals surface area contributed by atoms with E-state index in [4.69, 9.17) is 0 Å². The number of carbonyl (C=O) groups excluding carboxylic acids is 1. The van der Waals surface area contributed by atoms with E-state index in [1.807, 2.05) is 18.2 Å². The molecule has 1 fully saturated rings. The van der Waals surface area contributed by atoms with Crippen LogP contribution in [0.5, 0.6) is 0 Å². The third-order valence-corrected chi connectivity index (χ3v) is 5.44. The molecule has 1 aliphatic heterocycles. The lowest BCUT2D eigenvalue weighted by molar-refractivity contribution is 0.0827. The van der Waals surface area contributed by atoms with Crippen LogP contribution in [0.2, 0.25) is 0 Å². The molecule has 0 aliphatic carbocycles. The Morgan fingerprint density at radius 3 is 2.70 bits per heavy atom. The van der Waals surface area contributed by atoms with E-state index in [1.165, 1.54) is 38.9 Å². The lowest BCUT2D eigenvalue weighted by Gasteiger charge is -2.30. The largest absolute Gasteiger partial charge is 0.356 e. The monoisotopic (exact) mass is 529 g/mol. The minimum Gasteiger partial charge on any atom is -0.356 e. The number of benzene rings is 1. The Morgan fingerprint density at radius 2 is 2.00 bits per heavy atom. The molecule has 1 amide bonds. The summed E-state index contributed by atoms with van der Waals surface area (Å²) in [5.41, 5.74) is 1.88. The number of nitrogens with one attached hydrogen (secondary N) is 2. The third kappa shape index (κ3) is 9.64. The normalized spacial score (nSPS) is 17.2.